The Morgan fingerprint density at radius 3 is 2.23 bits per heavy atom. The highest BCUT2D eigenvalue weighted by atomic mass is 35.5. The number of carbonyl (C=O) groups is 2. The van der Waals surface area contributed by atoms with Gasteiger partial charge in [0.15, 0.2) is 15.4 Å². The Balaban J connectivity index is 3.25. The van der Waals surface area contributed by atoms with Crippen LogP contribution >= 0.6 is 23.2 Å². The van der Waals surface area contributed by atoms with Gasteiger partial charge in [0.2, 0.25) is 5.91 Å². The summed E-state index contributed by atoms with van der Waals surface area (Å²) >= 11 is 11.6. The minimum absolute atomic E-state index is 0.122. The van der Waals surface area contributed by atoms with Gasteiger partial charge >= 0.3 is 5.97 Å². The van der Waals surface area contributed by atoms with E-state index in [1.807, 2.05) is 0 Å². The smallest absolute Gasteiger partial charge is 0.333 e. The van der Waals surface area contributed by atoms with E-state index < -0.39 is 32.5 Å². The van der Waals surface area contributed by atoms with Crippen molar-refractivity contribution < 1.29 is 23.1 Å². The van der Waals surface area contributed by atoms with Crippen LogP contribution in [0.4, 0.5) is 0 Å². The third kappa shape index (κ3) is 3.91. The average Bonchev–Trinajstić information content (AvgIpc) is 2.39. The van der Waals surface area contributed by atoms with Crippen molar-refractivity contribution in [2.24, 2.45) is 0 Å². The Morgan fingerprint density at radius 2 is 1.82 bits per heavy atom. The minimum atomic E-state index is -3.65. The predicted molar refractivity (Wildman–Crippen MR) is 83.9 cm³/mol. The predicted octanol–water partition coefficient (Wildman–Crippen LogP) is 1.84. The number of benzene rings is 1. The van der Waals surface area contributed by atoms with Gasteiger partial charge in [0, 0.05) is 6.26 Å². The Morgan fingerprint density at radius 1 is 1.27 bits per heavy atom. The van der Waals surface area contributed by atoms with Crippen LogP contribution in [0.2, 0.25) is 10.0 Å². The summed E-state index contributed by atoms with van der Waals surface area (Å²) in [6, 6.07) is 4.10. The number of hydrogen-bond acceptors (Lipinski definition) is 4. The fourth-order valence-electron chi connectivity index (χ4n) is 1.60. The van der Waals surface area contributed by atoms with E-state index in [0.717, 1.165) is 6.26 Å². The van der Waals surface area contributed by atoms with Crippen molar-refractivity contribution in [3.63, 3.8) is 0 Å². The third-order valence-corrected chi connectivity index (χ3v) is 5.55. The van der Waals surface area contributed by atoms with Crippen LogP contribution < -0.4 is 5.32 Å². The molecule has 0 aromatic heterocycles. The lowest BCUT2D eigenvalue weighted by molar-refractivity contribution is -0.147. The maximum Gasteiger partial charge on any atom is 0.333 e. The molecule has 0 saturated carbocycles. The number of halogens is 2. The monoisotopic (exact) mass is 367 g/mol. The number of carbonyl (C=O) groups excluding carboxylic acids is 1. The maximum absolute atomic E-state index is 12.0. The lowest BCUT2D eigenvalue weighted by Gasteiger charge is -2.28. The van der Waals surface area contributed by atoms with Crippen molar-refractivity contribution in [3.8, 4) is 0 Å². The van der Waals surface area contributed by atoms with Gasteiger partial charge < -0.3 is 10.4 Å². The van der Waals surface area contributed by atoms with Gasteiger partial charge in [-0.15, -0.1) is 0 Å². The van der Waals surface area contributed by atoms with Gasteiger partial charge in [0.05, 0.1) is 10.0 Å². The first kappa shape index (κ1) is 18.7. The Bertz CT molecular complexity index is 719. The van der Waals surface area contributed by atoms with Crippen molar-refractivity contribution in [1.82, 2.24) is 5.32 Å². The summed E-state index contributed by atoms with van der Waals surface area (Å²) in [7, 11) is -3.65. The molecular formula is C13H15Cl2NO5S. The van der Waals surface area contributed by atoms with E-state index in [-0.39, 0.29) is 15.6 Å². The van der Waals surface area contributed by atoms with Gasteiger partial charge in [-0.25, -0.2) is 13.2 Å². The number of carboxylic acid groups (broad SMARTS) is 1. The fourth-order valence-corrected chi connectivity index (χ4v) is 2.34. The molecule has 2 N–H and O–H groups in total. The molecule has 0 aliphatic heterocycles. The van der Waals surface area contributed by atoms with Gasteiger partial charge in [-0.2, -0.15) is 0 Å². The van der Waals surface area contributed by atoms with Gasteiger partial charge in [-0.3, -0.25) is 4.79 Å². The van der Waals surface area contributed by atoms with E-state index in [1.165, 1.54) is 32.0 Å². The number of carboxylic acids is 1. The van der Waals surface area contributed by atoms with Crippen molar-refractivity contribution in [3.05, 3.63) is 33.8 Å². The van der Waals surface area contributed by atoms with Gasteiger partial charge in [-0.05, 0) is 31.5 Å². The molecule has 9 heteroatoms. The van der Waals surface area contributed by atoms with E-state index in [2.05, 4.69) is 5.32 Å². The first-order valence-corrected chi connectivity index (χ1v) is 8.80. The molecule has 22 heavy (non-hydrogen) atoms. The molecule has 0 radical (unpaired) electrons. The molecular weight excluding hydrogens is 353 g/mol. The Labute approximate surface area is 138 Å². The second kappa shape index (κ2) is 6.44. The van der Waals surface area contributed by atoms with E-state index in [4.69, 9.17) is 23.2 Å². The number of rotatable bonds is 5. The summed E-state index contributed by atoms with van der Waals surface area (Å²) in [6.45, 7) is 2.42. The topological polar surface area (TPSA) is 101 Å². The summed E-state index contributed by atoms with van der Waals surface area (Å²) in [5.41, 5.74) is -1.67. The van der Waals surface area contributed by atoms with Crippen LogP contribution in [-0.2, 0) is 25.0 Å². The van der Waals surface area contributed by atoms with Crippen LogP contribution in [0.1, 0.15) is 19.4 Å². The summed E-state index contributed by atoms with van der Waals surface area (Å²) in [5.74, 6) is -2.28. The number of aliphatic carboxylic acids is 1. The number of nitrogens with one attached hydrogen (secondary N) is 1. The van der Waals surface area contributed by atoms with Gasteiger partial charge in [0.1, 0.15) is 5.25 Å². The zero-order valence-corrected chi connectivity index (χ0v) is 14.4. The molecule has 122 valence electrons. The number of amides is 1. The third-order valence-electron chi connectivity index (χ3n) is 3.31. The lowest BCUT2D eigenvalue weighted by Crippen LogP contribution is -2.53. The molecule has 1 aromatic rings. The van der Waals surface area contributed by atoms with Crippen molar-refractivity contribution in [1.29, 1.82) is 0 Å². The van der Waals surface area contributed by atoms with Crippen LogP contribution in [-0.4, -0.2) is 36.9 Å². The molecule has 0 aliphatic carbocycles. The molecule has 0 bridgehead atoms. The Hall–Kier alpha value is -1.31. The van der Waals surface area contributed by atoms with Gasteiger partial charge in [-0.1, -0.05) is 29.3 Å². The Kier molecular flexibility index (Phi) is 5.48. The quantitative estimate of drug-likeness (QED) is 0.826. The van der Waals surface area contributed by atoms with Gasteiger partial charge in [0.25, 0.3) is 0 Å². The largest absolute Gasteiger partial charge is 0.479 e. The first-order valence-electron chi connectivity index (χ1n) is 6.09. The zero-order valence-electron chi connectivity index (χ0n) is 12.1. The molecule has 2 unspecified atom stereocenters. The van der Waals surface area contributed by atoms with Crippen molar-refractivity contribution in [2.75, 3.05) is 6.26 Å². The summed E-state index contributed by atoms with van der Waals surface area (Å²) < 4.78 is 22.8. The van der Waals surface area contributed by atoms with Crippen LogP contribution in [0.3, 0.4) is 0 Å². The maximum atomic E-state index is 12.0. The SMILES string of the molecule is CC(C(=O)NC(C)(C(=O)O)c1ccc(Cl)c(Cl)c1)S(C)(=O)=O. The molecule has 0 saturated heterocycles. The molecule has 0 fully saturated rings. The lowest BCUT2D eigenvalue weighted by atomic mass is 9.92. The van der Waals surface area contributed by atoms with E-state index in [1.54, 1.807) is 0 Å². The molecule has 0 heterocycles. The summed E-state index contributed by atoms with van der Waals surface area (Å²) in [5, 5.41) is 10.7. The first-order chi connectivity index (χ1) is 9.89. The zero-order chi connectivity index (χ0) is 17.3. The molecule has 1 aromatic carbocycles. The molecule has 1 rings (SSSR count). The van der Waals surface area contributed by atoms with E-state index >= 15 is 0 Å². The van der Waals surface area contributed by atoms with E-state index in [0.29, 0.717) is 0 Å². The highest BCUT2D eigenvalue weighted by Gasteiger charge is 2.39. The summed E-state index contributed by atoms with van der Waals surface area (Å²) in [4.78, 5) is 23.6. The fraction of sp³-hybridized carbons (Fsp3) is 0.385. The molecule has 1 amide bonds. The second-order valence-electron chi connectivity index (χ2n) is 5.02. The van der Waals surface area contributed by atoms with E-state index in [9.17, 15) is 23.1 Å². The number of hydrogen-bond donors (Lipinski definition) is 2. The molecule has 6 nitrogen and oxygen atoms in total. The van der Waals surface area contributed by atoms with Crippen LogP contribution in [0, 0.1) is 0 Å². The average molecular weight is 368 g/mol. The number of sulfone groups is 1. The molecule has 0 aliphatic rings. The van der Waals surface area contributed by atoms with Crippen LogP contribution in [0.25, 0.3) is 0 Å². The minimum Gasteiger partial charge on any atom is -0.479 e. The normalized spacial score (nSPS) is 15.7. The highest BCUT2D eigenvalue weighted by molar-refractivity contribution is 7.92. The second-order valence-corrected chi connectivity index (χ2v) is 8.20. The van der Waals surface area contributed by atoms with Crippen LogP contribution in [0.15, 0.2) is 18.2 Å². The molecule has 0 spiro atoms. The molecule has 2 atom stereocenters. The highest BCUT2D eigenvalue weighted by Crippen LogP contribution is 2.29. The summed E-state index contributed by atoms with van der Waals surface area (Å²) in [6.07, 6.45) is 0.897. The van der Waals surface area contributed by atoms with Crippen molar-refractivity contribution in [2.45, 2.75) is 24.6 Å². The van der Waals surface area contributed by atoms with Crippen molar-refractivity contribution >= 4 is 44.9 Å². The standard InChI is InChI=1S/C13H15Cl2NO5S/c1-7(22(3,20)21)11(17)16-13(2,12(18)19)8-4-5-9(14)10(15)6-8/h4-7H,1-3H3,(H,16,17)(H,18,19). The van der Waals surface area contributed by atoms with Crippen LogP contribution in [0.5, 0.6) is 0 Å².